The summed E-state index contributed by atoms with van der Waals surface area (Å²) in [5.41, 5.74) is 2.78. The molecule has 2 aromatic rings. The van der Waals surface area contributed by atoms with E-state index in [0.29, 0.717) is 0 Å². The Labute approximate surface area is 92.3 Å². The van der Waals surface area contributed by atoms with Gasteiger partial charge in [0.1, 0.15) is 0 Å². The summed E-state index contributed by atoms with van der Waals surface area (Å²) in [6, 6.07) is 5.16. The first-order valence-electron chi connectivity index (χ1n) is 4.78. The second-order valence-electron chi connectivity index (χ2n) is 3.64. The molecule has 0 saturated heterocycles. The molecule has 0 atom stereocenters. The van der Waals surface area contributed by atoms with E-state index in [1.54, 1.807) is 30.1 Å². The fourth-order valence-corrected chi connectivity index (χ4v) is 1.61. The minimum absolute atomic E-state index is 0.274. The monoisotopic (exact) mass is 217 g/mol. The van der Waals surface area contributed by atoms with Crippen molar-refractivity contribution < 1.29 is 9.90 Å². The molecule has 1 aromatic carbocycles. The molecular weight excluding hydrogens is 206 g/mol. The minimum Gasteiger partial charge on any atom is -0.478 e. The van der Waals surface area contributed by atoms with E-state index in [1.807, 2.05) is 13.0 Å². The number of carboxylic acid groups (broad SMARTS) is 1. The third-order valence-electron chi connectivity index (χ3n) is 2.33. The Morgan fingerprint density at radius 1 is 1.38 bits per heavy atom. The first kappa shape index (κ1) is 10.4. The summed E-state index contributed by atoms with van der Waals surface area (Å²) in [5, 5.41) is 16.5. The molecule has 0 amide bonds. The van der Waals surface area contributed by atoms with Crippen molar-refractivity contribution in [3.63, 3.8) is 0 Å². The Morgan fingerprint density at radius 3 is 2.69 bits per heavy atom. The van der Waals surface area contributed by atoms with Crippen molar-refractivity contribution in [2.75, 3.05) is 0 Å². The Morgan fingerprint density at radius 2 is 2.12 bits per heavy atom. The lowest BCUT2D eigenvalue weighted by Gasteiger charge is -2.04. The number of benzene rings is 1. The van der Waals surface area contributed by atoms with E-state index in [2.05, 4.69) is 10.3 Å². The summed E-state index contributed by atoms with van der Waals surface area (Å²) in [6.45, 7) is 1.86. The van der Waals surface area contributed by atoms with Gasteiger partial charge in [-0.3, -0.25) is 0 Å². The van der Waals surface area contributed by atoms with Crippen molar-refractivity contribution in [2.45, 2.75) is 6.92 Å². The molecule has 0 radical (unpaired) electrons. The molecule has 5 nitrogen and oxygen atoms in total. The molecule has 16 heavy (non-hydrogen) atoms. The average Bonchev–Trinajstić information content (AvgIpc) is 2.63. The van der Waals surface area contributed by atoms with Gasteiger partial charge in [0, 0.05) is 12.6 Å². The van der Waals surface area contributed by atoms with Gasteiger partial charge >= 0.3 is 5.97 Å². The molecule has 1 heterocycles. The van der Waals surface area contributed by atoms with Gasteiger partial charge in [0.15, 0.2) is 0 Å². The van der Waals surface area contributed by atoms with Crippen LogP contribution >= 0.6 is 0 Å². The highest BCUT2D eigenvalue weighted by Crippen LogP contribution is 2.20. The van der Waals surface area contributed by atoms with Gasteiger partial charge in [0.2, 0.25) is 0 Å². The van der Waals surface area contributed by atoms with E-state index in [-0.39, 0.29) is 5.56 Å². The van der Waals surface area contributed by atoms with E-state index in [1.165, 1.54) is 0 Å². The first-order valence-corrected chi connectivity index (χ1v) is 4.78. The first-order chi connectivity index (χ1) is 7.58. The van der Waals surface area contributed by atoms with E-state index in [0.717, 1.165) is 16.8 Å². The van der Waals surface area contributed by atoms with Gasteiger partial charge in [-0.25, -0.2) is 9.48 Å². The molecule has 0 aliphatic rings. The van der Waals surface area contributed by atoms with Crippen molar-refractivity contribution in [2.24, 2.45) is 7.05 Å². The SMILES string of the molecule is Cc1cc(C(=O)O)cc(-c2cnnn2C)c1. The highest BCUT2D eigenvalue weighted by atomic mass is 16.4. The maximum Gasteiger partial charge on any atom is 0.335 e. The van der Waals surface area contributed by atoms with Crippen molar-refractivity contribution >= 4 is 5.97 Å². The highest BCUT2D eigenvalue weighted by molar-refractivity contribution is 5.89. The lowest BCUT2D eigenvalue weighted by atomic mass is 10.0. The molecule has 0 fully saturated rings. The number of aromatic carboxylic acids is 1. The van der Waals surface area contributed by atoms with Crippen LogP contribution in [-0.4, -0.2) is 26.1 Å². The topological polar surface area (TPSA) is 68.0 Å². The molecule has 2 rings (SSSR count). The molecule has 1 aromatic heterocycles. The van der Waals surface area contributed by atoms with Crippen LogP contribution in [0, 0.1) is 6.92 Å². The zero-order valence-electron chi connectivity index (χ0n) is 9.01. The predicted octanol–water partition coefficient (Wildman–Crippen LogP) is 1.49. The van der Waals surface area contributed by atoms with Crippen LogP contribution in [-0.2, 0) is 7.05 Å². The summed E-state index contributed by atoms with van der Waals surface area (Å²) in [5.74, 6) is -0.930. The lowest BCUT2D eigenvalue weighted by Crippen LogP contribution is -1.99. The van der Waals surface area contributed by atoms with Gasteiger partial charge in [0.05, 0.1) is 17.5 Å². The molecule has 5 heteroatoms. The third kappa shape index (κ3) is 1.79. The molecule has 0 unspecified atom stereocenters. The van der Waals surface area contributed by atoms with E-state index < -0.39 is 5.97 Å². The standard InChI is InChI=1S/C11H11N3O2/c1-7-3-8(5-9(4-7)11(15)16)10-6-12-13-14(10)2/h3-6H,1-2H3,(H,15,16). The third-order valence-corrected chi connectivity index (χ3v) is 2.33. The fourth-order valence-electron chi connectivity index (χ4n) is 1.61. The van der Waals surface area contributed by atoms with Gasteiger partial charge in [-0.15, -0.1) is 5.10 Å². The van der Waals surface area contributed by atoms with Crippen LogP contribution in [0.3, 0.4) is 0 Å². The van der Waals surface area contributed by atoms with E-state index in [4.69, 9.17) is 5.11 Å². The normalized spacial score (nSPS) is 10.4. The Kier molecular flexibility index (Phi) is 2.44. The van der Waals surface area contributed by atoms with Gasteiger partial charge in [-0.1, -0.05) is 5.21 Å². The Bertz CT molecular complexity index is 546. The maximum atomic E-state index is 10.9. The van der Waals surface area contributed by atoms with Crippen LogP contribution in [0.25, 0.3) is 11.3 Å². The van der Waals surface area contributed by atoms with Gasteiger partial charge < -0.3 is 5.11 Å². The molecule has 1 N–H and O–H groups in total. The van der Waals surface area contributed by atoms with Crippen LogP contribution in [0.4, 0.5) is 0 Å². The number of hydrogen-bond acceptors (Lipinski definition) is 3. The van der Waals surface area contributed by atoms with Gasteiger partial charge in [-0.2, -0.15) is 0 Å². The van der Waals surface area contributed by atoms with Crippen LogP contribution in [0.15, 0.2) is 24.4 Å². The maximum absolute atomic E-state index is 10.9. The van der Waals surface area contributed by atoms with Crippen LogP contribution < -0.4 is 0 Å². The quantitative estimate of drug-likeness (QED) is 0.827. The molecule has 0 aliphatic carbocycles. The smallest absolute Gasteiger partial charge is 0.335 e. The minimum atomic E-state index is -0.930. The number of rotatable bonds is 2. The van der Waals surface area contributed by atoms with Crippen LogP contribution in [0.1, 0.15) is 15.9 Å². The van der Waals surface area contributed by atoms with Crippen LogP contribution in [0.2, 0.25) is 0 Å². The van der Waals surface area contributed by atoms with E-state index in [9.17, 15) is 4.79 Å². The molecule has 0 bridgehead atoms. The summed E-state index contributed by atoms with van der Waals surface area (Å²) >= 11 is 0. The van der Waals surface area contributed by atoms with Crippen molar-refractivity contribution in [1.82, 2.24) is 15.0 Å². The summed E-state index contributed by atoms with van der Waals surface area (Å²) in [6.07, 6.45) is 1.61. The zero-order valence-corrected chi connectivity index (χ0v) is 9.01. The second kappa shape index (κ2) is 3.77. The van der Waals surface area contributed by atoms with Crippen molar-refractivity contribution in [1.29, 1.82) is 0 Å². The van der Waals surface area contributed by atoms with Crippen LogP contribution in [0.5, 0.6) is 0 Å². The van der Waals surface area contributed by atoms with Gasteiger partial charge in [-0.05, 0) is 30.7 Å². The second-order valence-corrected chi connectivity index (χ2v) is 3.64. The number of aromatic nitrogens is 3. The summed E-state index contributed by atoms with van der Waals surface area (Å²) in [4.78, 5) is 10.9. The average molecular weight is 217 g/mol. The lowest BCUT2D eigenvalue weighted by molar-refractivity contribution is 0.0697. The summed E-state index contributed by atoms with van der Waals surface area (Å²) < 4.78 is 1.61. The molecule has 0 aliphatic heterocycles. The molecule has 82 valence electrons. The predicted molar refractivity (Wildman–Crippen MR) is 58.1 cm³/mol. The number of carbonyl (C=O) groups is 1. The molecule has 0 saturated carbocycles. The molecular formula is C11H11N3O2. The summed E-state index contributed by atoms with van der Waals surface area (Å²) in [7, 11) is 1.77. The number of aryl methyl sites for hydroxylation is 2. The highest BCUT2D eigenvalue weighted by Gasteiger charge is 2.09. The fraction of sp³-hybridized carbons (Fsp3) is 0.182. The number of nitrogens with zero attached hydrogens (tertiary/aromatic N) is 3. The van der Waals surface area contributed by atoms with E-state index >= 15 is 0 Å². The molecule has 0 spiro atoms. The van der Waals surface area contributed by atoms with Gasteiger partial charge in [0.25, 0.3) is 0 Å². The Balaban J connectivity index is 2.58. The number of hydrogen-bond donors (Lipinski definition) is 1. The zero-order chi connectivity index (χ0) is 11.7. The Hall–Kier alpha value is -2.17. The van der Waals surface area contributed by atoms with Crippen molar-refractivity contribution in [3.8, 4) is 11.3 Å². The largest absolute Gasteiger partial charge is 0.478 e. The number of carboxylic acids is 1. The van der Waals surface area contributed by atoms with Crippen molar-refractivity contribution in [3.05, 3.63) is 35.5 Å².